The molecule has 4 nitrogen and oxygen atoms in total. The van der Waals surface area contributed by atoms with Crippen LogP contribution in [0, 0.1) is 5.92 Å². The molecule has 1 N–H and O–H groups in total. The molecule has 2 aliphatic rings. The highest BCUT2D eigenvalue weighted by Gasteiger charge is 2.34. The summed E-state index contributed by atoms with van der Waals surface area (Å²) in [5.74, 6) is 0.0698. The normalized spacial score (nSPS) is 27.9. The molecule has 82 valence electrons. The number of nitrogens with zero attached hydrogens (tertiary/aromatic N) is 1. The van der Waals surface area contributed by atoms with Crippen LogP contribution in [0.1, 0.15) is 6.42 Å². The van der Waals surface area contributed by atoms with Gasteiger partial charge in [0.1, 0.15) is 0 Å². The van der Waals surface area contributed by atoms with E-state index in [9.17, 15) is 4.79 Å². The van der Waals surface area contributed by atoms with Gasteiger partial charge in [0.2, 0.25) is 0 Å². The van der Waals surface area contributed by atoms with E-state index in [1.807, 2.05) is 0 Å². The summed E-state index contributed by atoms with van der Waals surface area (Å²) in [6.07, 6.45) is 0.961. The van der Waals surface area contributed by atoms with Crippen LogP contribution >= 0.6 is 12.4 Å². The van der Waals surface area contributed by atoms with E-state index in [1.54, 1.807) is 0 Å². The van der Waals surface area contributed by atoms with Crippen LogP contribution in [0.3, 0.4) is 0 Å². The zero-order valence-electron chi connectivity index (χ0n) is 8.36. The predicted octanol–water partition coefficient (Wildman–Crippen LogP) is -0.125. The van der Waals surface area contributed by atoms with Gasteiger partial charge in [0.05, 0.1) is 13.0 Å². The number of hydrogen-bond acceptors (Lipinski definition) is 4. The smallest absolute Gasteiger partial charge is 0.310 e. The first-order valence-corrected chi connectivity index (χ1v) is 4.84. The minimum atomic E-state index is -0.0465. The number of carbonyl (C=O) groups is 1. The van der Waals surface area contributed by atoms with Crippen LogP contribution in [-0.4, -0.2) is 50.2 Å². The highest BCUT2D eigenvalue weighted by atomic mass is 35.5. The lowest BCUT2D eigenvalue weighted by Crippen LogP contribution is -2.56. The first-order chi connectivity index (χ1) is 6.31. The van der Waals surface area contributed by atoms with E-state index in [0.29, 0.717) is 6.04 Å². The monoisotopic (exact) mass is 220 g/mol. The highest BCUT2D eigenvalue weighted by molar-refractivity contribution is 5.85. The van der Waals surface area contributed by atoms with E-state index in [-0.39, 0.29) is 24.3 Å². The van der Waals surface area contributed by atoms with E-state index in [2.05, 4.69) is 10.2 Å². The van der Waals surface area contributed by atoms with Gasteiger partial charge in [0.15, 0.2) is 0 Å². The van der Waals surface area contributed by atoms with Crippen LogP contribution in [0.25, 0.3) is 0 Å². The summed E-state index contributed by atoms with van der Waals surface area (Å²) >= 11 is 0. The van der Waals surface area contributed by atoms with Crippen molar-refractivity contribution in [3.8, 4) is 0 Å². The summed E-state index contributed by atoms with van der Waals surface area (Å²) < 4.78 is 4.73. The molecule has 14 heavy (non-hydrogen) atoms. The molecule has 0 aromatic heterocycles. The van der Waals surface area contributed by atoms with E-state index in [4.69, 9.17) is 4.74 Å². The van der Waals surface area contributed by atoms with E-state index in [0.717, 1.165) is 32.6 Å². The Kier molecular flexibility index (Phi) is 4.16. The molecule has 2 aliphatic heterocycles. The van der Waals surface area contributed by atoms with Gasteiger partial charge in [0.25, 0.3) is 0 Å². The Morgan fingerprint density at radius 1 is 1.50 bits per heavy atom. The number of likely N-dealkylation sites (tertiary alicyclic amines) is 1. The molecule has 0 spiro atoms. The van der Waals surface area contributed by atoms with Gasteiger partial charge >= 0.3 is 5.97 Å². The summed E-state index contributed by atoms with van der Waals surface area (Å²) in [5.41, 5.74) is 0. The maximum atomic E-state index is 11.2. The van der Waals surface area contributed by atoms with Crippen LogP contribution in [0.5, 0.6) is 0 Å². The van der Waals surface area contributed by atoms with Crippen molar-refractivity contribution >= 4 is 18.4 Å². The highest BCUT2D eigenvalue weighted by Crippen LogP contribution is 2.20. The minimum Gasteiger partial charge on any atom is -0.469 e. The van der Waals surface area contributed by atoms with Crippen molar-refractivity contribution in [1.82, 2.24) is 10.2 Å². The van der Waals surface area contributed by atoms with Crippen LogP contribution in [-0.2, 0) is 9.53 Å². The van der Waals surface area contributed by atoms with Gasteiger partial charge in [-0.25, -0.2) is 0 Å². The van der Waals surface area contributed by atoms with Crippen molar-refractivity contribution in [2.24, 2.45) is 5.92 Å². The molecule has 2 saturated heterocycles. The second-order valence-corrected chi connectivity index (χ2v) is 3.82. The van der Waals surface area contributed by atoms with Gasteiger partial charge in [-0.3, -0.25) is 9.69 Å². The van der Waals surface area contributed by atoms with Gasteiger partial charge < -0.3 is 10.1 Å². The van der Waals surface area contributed by atoms with Gasteiger partial charge in [-0.2, -0.15) is 0 Å². The molecule has 0 aromatic carbocycles. The van der Waals surface area contributed by atoms with E-state index in [1.165, 1.54) is 7.11 Å². The molecule has 0 bridgehead atoms. The first kappa shape index (κ1) is 11.8. The Morgan fingerprint density at radius 3 is 2.71 bits per heavy atom. The Labute approximate surface area is 90.4 Å². The zero-order valence-corrected chi connectivity index (χ0v) is 9.18. The summed E-state index contributed by atoms with van der Waals surface area (Å²) in [7, 11) is 1.47. The maximum absolute atomic E-state index is 11.2. The Balaban J connectivity index is 0.000000980. The van der Waals surface area contributed by atoms with Gasteiger partial charge in [0, 0.05) is 25.7 Å². The van der Waals surface area contributed by atoms with Gasteiger partial charge in [-0.05, 0) is 13.0 Å². The zero-order chi connectivity index (χ0) is 9.26. The third-order valence-electron chi connectivity index (χ3n) is 3.03. The summed E-state index contributed by atoms with van der Waals surface area (Å²) in [5, 5.41) is 3.24. The average Bonchev–Trinajstić information content (AvgIpc) is 2.49. The topological polar surface area (TPSA) is 41.6 Å². The van der Waals surface area contributed by atoms with Gasteiger partial charge in [-0.15, -0.1) is 12.4 Å². The number of esters is 1. The molecule has 0 aromatic rings. The van der Waals surface area contributed by atoms with Crippen LogP contribution in [0.2, 0.25) is 0 Å². The lowest BCUT2D eigenvalue weighted by atomic mass is 10.1. The molecule has 0 saturated carbocycles. The fourth-order valence-electron chi connectivity index (χ4n) is 2.01. The van der Waals surface area contributed by atoms with E-state index < -0.39 is 0 Å². The first-order valence-electron chi connectivity index (χ1n) is 4.84. The van der Waals surface area contributed by atoms with Crippen LogP contribution < -0.4 is 5.32 Å². The second kappa shape index (κ2) is 4.96. The fraction of sp³-hybridized carbons (Fsp3) is 0.889. The number of rotatable bonds is 2. The molecule has 1 atom stereocenters. The number of hydrogen-bond donors (Lipinski definition) is 1. The fourth-order valence-corrected chi connectivity index (χ4v) is 2.01. The average molecular weight is 221 g/mol. The number of methoxy groups -OCH3 is 1. The predicted molar refractivity (Wildman–Crippen MR) is 55.6 cm³/mol. The molecular formula is C9H17ClN2O2. The molecule has 2 heterocycles. The maximum Gasteiger partial charge on any atom is 0.310 e. The molecule has 2 rings (SSSR count). The SMILES string of the molecule is COC(=O)C1CCN(C2CNC2)C1.Cl. The Bertz CT molecular complexity index is 209. The lowest BCUT2D eigenvalue weighted by molar-refractivity contribution is -0.145. The molecule has 0 radical (unpaired) electrons. The number of ether oxygens (including phenoxy) is 1. The minimum absolute atomic E-state index is 0. The van der Waals surface area contributed by atoms with Crippen molar-refractivity contribution < 1.29 is 9.53 Å². The van der Waals surface area contributed by atoms with Crippen molar-refractivity contribution in [3.05, 3.63) is 0 Å². The van der Waals surface area contributed by atoms with Crippen molar-refractivity contribution in [2.45, 2.75) is 12.5 Å². The second-order valence-electron chi connectivity index (χ2n) is 3.82. The van der Waals surface area contributed by atoms with Crippen LogP contribution in [0.4, 0.5) is 0 Å². The summed E-state index contributed by atoms with van der Waals surface area (Å²) in [6.45, 7) is 4.09. The molecule has 0 aliphatic carbocycles. The van der Waals surface area contributed by atoms with Crippen molar-refractivity contribution in [3.63, 3.8) is 0 Å². The Morgan fingerprint density at radius 2 is 2.21 bits per heavy atom. The summed E-state index contributed by atoms with van der Waals surface area (Å²) in [4.78, 5) is 13.6. The third kappa shape index (κ3) is 2.19. The largest absolute Gasteiger partial charge is 0.469 e. The number of nitrogens with one attached hydrogen (secondary N) is 1. The number of halogens is 1. The molecule has 5 heteroatoms. The molecular weight excluding hydrogens is 204 g/mol. The molecule has 2 fully saturated rings. The molecule has 0 amide bonds. The lowest BCUT2D eigenvalue weighted by Gasteiger charge is -2.35. The Hall–Kier alpha value is -0.320. The third-order valence-corrected chi connectivity index (χ3v) is 3.03. The van der Waals surface area contributed by atoms with E-state index >= 15 is 0 Å². The van der Waals surface area contributed by atoms with Gasteiger partial charge in [-0.1, -0.05) is 0 Å². The quantitative estimate of drug-likeness (QED) is 0.659. The summed E-state index contributed by atoms with van der Waals surface area (Å²) in [6, 6.07) is 0.662. The van der Waals surface area contributed by atoms with Crippen LogP contribution in [0.15, 0.2) is 0 Å². The molecule has 1 unspecified atom stereocenters. The number of carbonyl (C=O) groups excluding carboxylic acids is 1. The standard InChI is InChI=1S/C9H16N2O2.ClH/c1-13-9(12)7-2-3-11(6-7)8-4-10-5-8;/h7-8,10H,2-6H2,1H3;1H. The van der Waals surface area contributed by atoms with Crippen molar-refractivity contribution in [1.29, 1.82) is 0 Å². The van der Waals surface area contributed by atoms with Crippen molar-refractivity contribution in [2.75, 3.05) is 33.3 Å².